The number of amides is 1. The van der Waals surface area contributed by atoms with Crippen LogP contribution in [0.1, 0.15) is 42.1 Å². The number of ether oxygens (including phenoxy) is 2. The summed E-state index contributed by atoms with van der Waals surface area (Å²) in [6.45, 7) is 8.30. The largest absolute Gasteiger partial charge is 0.490 e. The number of nitrogens with zero attached hydrogens (tertiary/aromatic N) is 2. The minimum absolute atomic E-state index is 0.256. The Balaban J connectivity index is 1.44. The molecular formula is C39H33Cl2N3O4S. The third kappa shape index (κ3) is 7.42. The maximum atomic E-state index is 14.3. The van der Waals surface area contributed by atoms with Crippen LogP contribution in [0.4, 0.5) is 5.69 Å². The van der Waals surface area contributed by atoms with Gasteiger partial charge in [0.2, 0.25) is 0 Å². The van der Waals surface area contributed by atoms with E-state index >= 15 is 0 Å². The van der Waals surface area contributed by atoms with Crippen LogP contribution in [0.5, 0.6) is 11.5 Å². The molecule has 4 aromatic carbocycles. The van der Waals surface area contributed by atoms with E-state index in [0.717, 1.165) is 22.3 Å². The summed E-state index contributed by atoms with van der Waals surface area (Å²) in [4.78, 5) is 33.4. The number of benzene rings is 4. The fraction of sp³-hybridized carbons (Fsp3) is 0.154. The van der Waals surface area contributed by atoms with Crippen molar-refractivity contribution in [1.29, 1.82) is 0 Å². The number of anilines is 1. The molecule has 10 heteroatoms. The lowest BCUT2D eigenvalue weighted by molar-refractivity contribution is -0.113. The number of allylic oxidation sites excluding steroid dienone is 2. The van der Waals surface area contributed by atoms with Gasteiger partial charge in [0.15, 0.2) is 16.3 Å². The molecule has 1 atom stereocenters. The molecule has 0 unspecified atom stereocenters. The number of carbonyl (C=O) groups is 1. The minimum Gasteiger partial charge on any atom is -0.490 e. The third-order valence-corrected chi connectivity index (χ3v) is 9.53. The predicted molar refractivity (Wildman–Crippen MR) is 198 cm³/mol. The first kappa shape index (κ1) is 34.0. The lowest BCUT2D eigenvalue weighted by atomic mass is 9.95. The second-order valence-corrected chi connectivity index (χ2v) is 13.1. The molecule has 49 heavy (non-hydrogen) atoms. The van der Waals surface area contributed by atoms with E-state index < -0.39 is 6.04 Å². The van der Waals surface area contributed by atoms with Gasteiger partial charge in [0.25, 0.3) is 11.5 Å². The van der Waals surface area contributed by atoms with E-state index in [-0.39, 0.29) is 18.1 Å². The zero-order valence-electron chi connectivity index (χ0n) is 26.9. The summed E-state index contributed by atoms with van der Waals surface area (Å²) in [6.07, 6.45) is 4.12. The fourth-order valence-electron chi connectivity index (χ4n) is 5.71. The first-order valence-electron chi connectivity index (χ1n) is 15.7. The molecule has 1 aliphatic heterocycles. The van der Waals surface area contributed by atoms with Crippen LogP contribution >= 0.6 is 34.5 Å². The SMILES string of the molecule is C=CCc1cc(/C=c2/sc3n(c2=O)[C@@H](c2ccc(Cl)cc2)C(C(=O)Nc2ccccc2)=C(C)N=3)cc(OCC)c1OCc1ccccc1Cl. The number of hydrogen-bond donors (Lipinski definition) is 1. The minimum atomic E-state index is -0.727. The molecule has 248 valence electrons. The van der Waals surface area contributed by atoms with Gasteiger partial charge >= 0.3 is 0 Å². The van der Waals surface area contributed by atoms with E-state index in [1.54, 1.807) is 29.7 Å². The standard InChI is InChI=1S/C39H33Cl2N3O4S/c1-4-11-27-20-25(21-32(47-5-2)36(27)48-23-28-12-9-10-15-31(28)41)22-33-38(46)44-35(26-16-18-29(40)19-17-26)34(24(3)42-39(44)49-33)37(45)43-30-13-7-6-8-14-30/h4,6-10,12-22,35H,1,5,11,23H2,2-3H3,(H,43,45)/b33-22+/t35-/m0/s1. The van der Waals surface area contributed by atoms with E-state index in [0.29, 0.717) is 60.9 Å². The number of rotatable bonds is 11. The van der Waals surface area contributed by atoms with Gasteiger partial charge in [-0.2, -0.15) is 0 Å². The Bertz CT molecular complexity index is 2240. The Labute approximate surface area is 298 Å². The van der Waals surface area contributed by atoms with Gasteiger partial charge in [-0.3, -0.25) is 14.2 Å². The zero-order valence-corrected chi connectivity index (χ0v) is 29.2. The Morgan fingerprint density at radius 2 is 1.73 bits per heavy atom. The van der Waals surface area contributed by atoms with Crippen molar-refractivity contribution in [3.8, 4) is 11.5 Å². The highest BCUT2D eigenvalue weighted by molar-refractivity contribution is 7.07. The maximum Gasteiger partial charge on any atom is 0.271 e. The molecule has 0 bridgehead atoms. The molecule has 0 aliphatic carbocycles. The number of thiazole rings is 1. The molecule has 0 spiro atoms. The van der Waals surface area contributed by atoms with Gasteiger partial charge in [-0.25, -0.2) is 4.99 Å². The van der Waals surface area contributed by atoms with E-state index in [2.05, 4.69) is 11.9 Å². The van der Waals surface area contributed by atoms with Crippen molar-refractivity contribution >= 4 is 52.2 Å². The van der Waals surface area contributed by atoms with Gasteiger partial charge in [0.05, 0.1) is 28.5 Å². The predicted octanol–water partition coefficient (Wildman–Crippen LogP) is 7.89. The highest BCUT2D eigenvalue weighted by Gasteiger charge is 2.32. The van der Waals surface area contributed by atoms with Crippen LogP contribution < -0.4 is 29.7 Å². The third-order valence-electron chi connectivity index (χ3n) is 7.93. The molecule has 1 amide bonds. The molecule has 1 aliphatic rings. The topological polar surface area (TPSA) is 81.9 Å². The van der Waals surface area contributed by atoms with Crippen LogP contribution in [-0.2, 0) is 17.8 Å². The summed E-state index contributed by atoms with van der Waals surface area (Å²) < 4.78 is 14.4. The van der Waals surface area contributed by atoms with Gasteiger partial charge < -0.3 is 14.8 Å². The van der Waals surface area contributed by atoms with Crippen molar-refractivity contribution in [2.24, 2.45) is 4.99 Å². The van der Waals surface area contributed by atoms with Gasteiger partial charge in [0, 0.05) is 26.9 Å². The van der Waals surface area contributed by atoms with Crippen LogP contribution in [0.2, 0.25) is 10.0 Å². The smallest absolute Gasteiger partial charge is 0.271 e. The van der Waals surface area contributed by atoms with Crippen LogP contribution in [0.3, 0.4) is 0 Å². The average molecular weight is 711 g/mol. The van der Waals surface area contributed by atoms with Crippen molar-refractivity contribution in [2.45, 2.75) is 32.9 Å². The molecule has 6 rings (SSSR count). The highest BCUT2D eigenvalue weighted by atomic mass is 35.5. The summed E-state index contributed by atoms with van der Waals surface area (Å²) in [5.74, 6) is 0.792. The molecule has 0 saturated carbocycles. The molecule has 7 nitrogen and oxygen atoms in total. The summed E-state index contributed by atoms with van der Waals surface area (Å²) >= 11 is 13.9. The lowest BCUT2D eigenvalue weighted by Crippen LogP contribution is -2.40. The van der Waals surface area contributed by atoms with Crippen molar-refractivity contribution in [3.63, 3.8) is 0 Å². The lowest BCUT2D eigenvalue weighted by Gasteiger charge is -2.25. The molecular weight excluding hydrogens is 677 g/mol. The summed E-state index contributed by atoms with van der Waals surface area (Å²) in [6, 6.07) is 27.0. The monoisotopic (exact) mass is 709 g/mol. The Morgan fingerprint density at radius 3 is 2.45 bits per heavy atom. The van der Waals surface area contributed by atoms with Crippen molar-refractivity contribution in [1.82, 2.24) is 4.57 Å². The maximum absolute atomic E-state index is 14.3. The van der Waals surface area contributed by atoms with Crippen molar-refractivity contribution in [2.75, 3.05) is 11.9 Å². The van der Waals surface area contributed by atoms with E-state index in [9.17, 15) is 9.59 Å². The van der Waals surface area contributed by atoms with Gasteiger partial charge in [0.1, 0.15) is 6.61 Å². The summed E-state index contributed by atoms with van der Waals surface area (Å²) in [5.41, 5.74) is 4.44. The summed E-state index contributed by atoms with van der Waals surface area (Å²) in [7, 11) is 0. The highest BCUT2D eigenvalue weighted by Crippen LogP contribution is 2.36. The average Bonchev–Trinajstić information content (AvgIpc) is 3.39. The van der Waals surface area contributed by atoms with Gasteiger partial charge in [-0.1, -0.05) is 89.1 Å². The number of carbonyl (C=O) groups excluding carboxylic acids is 1. The van der Waals surface area contributed by atoms with E-state index in [1.165, 1.54) is 11.3 Å². The quantitative estimate of drug-likeness (QED) is 0.142. The van der Waals surface area contributed by atoms with E-state index in [4.69, 9.17) is 37.7 Å². The molecule has 0 fully saturated rings. The Hall–Kier alpha value is -4.89. The molecule has 1 N–H and O–H groups in total. The van der Waals surface area contributed by atoms with Crippen LogP contribution in [0, 0.1) is 0 Å². The molecule has 5 aromatic rings. The number of aromatic nitrogens is 1. The second kappa shape index (κ2) is 15.1. The molecule has 2 heterocycles. The number of para-hydroxylation sites is 1. The Kier molecular flexibility index (Phi) is 10.5. The molecule has 0 radical (unpaired) electrons. The number of fused-ring (bicyclic) bond motifs is 1. The summed E-state index contributed by atoms with van der Waals surface area (Å²) in [5, 5.41) is 4.14. The molecule has 1 aromatic heterocycles. The number of nitrogens with one attached hydrogen (secondary N) is 1. The fourth-order valence-corrected chi connectivity index (χ4v) is 7.07. The van der Waals surface area contributed by atoms with Crippen molar-refractivity contribution in [3.05, 3.63) is 167 Å². The van der Waals surface area contributed by atoms with Crippen LogP contribution in [0.25, 0.3) is 6.08 Å². The van der Waals surface area contributed by atoms with Crippen LogP contribution in [-0.4, -0.2) is 17.1 Å². The van der Waals surface area contributed by atoms with Crippen LogP contribution in [0.15, 0.2) is 125 Å². The van der Waals surface area contributed by atoms with Gasteiger partial charge in [-0.05, 0) is 79.9 Å². The number of halogens is 2. The number of hydrogen-bond acceptors (Lipinski definition) is 6. The van der Waals surface area contributed by atoms with E-state index in [1.807, 2.05) is 91.9 Å². The van der Waals surface area contributed by atoms with Crippen molar-refractivity contribution < 1.29 is 14.3 Å². The zero-order chi connectivity index (χ0) is 34.5. The first-order valence-corrected chi connectivity index (χ1v) is 17.3. The Morgan fingerprint density at radius 1 is 1.00 bits per heavy atom. The second-order valence-electron chi connectivity index (χ2n) is 11.3. The van der Waals surface area contributed by atoms with Gasteiger partial charge in [-0.15, -0.1) is 6.58 Å². The molecule has 0 saturated heterocycles. The normalized spacial score (nSPS) is 14.2. The first-order chi connectivity index (χ1) is 23.8.